The summed E-state index contributed by atoms with van der Waals surface area (Å²) in [5.74, 6) is 1.67. The maximum Gasteiger partial charge on any atom is 0.134 e. The molecule has 5 nitrogen and oxygen atoms in total. The van der Waals surface area contributed by atoms with Crippen LogP contribution in [0, 0.1) is 5.82 Å². The normalized spacial score (nSPS) is 17.4. The number of benzene rings is 1. The van der Waals surface area contributed by atoms with Crippen LogP contribution in [0.15, 0.2) is 48.3 Å². The monoisotopic (exact) mass is 381 g/mol. The predicted octanol–water partition coefficient (Wildman–Crippen LogP) is 4.24. The molecule has 1 aromatic carbocycles. The number of nitrogens with one attached hydrogen (secondary N) is 1. The van der Waals surface area contributed by atoms with Gasteiger partial charge in [0.05, 0.1) is 0 Å². The second kappa shape index (κ2) is 9.04. The van der Waals surface area contributed by atoms with Gasteiger partial charge in [0.25, 0.3) is 0 Å². The summed E-state index contributed by atoms with van der Waals surface area (Å²) < 4.78 is 13.1. The van der Waals surface area contributed by atoms with Gasteiger partial charge in [-0.3, -0.25) is 0 Å². The minimum Gasteiger partial charge on any atom is -0.370 e. The number of rotatable bonds is 6. The molecule has 0 saturated carbocycles. The van der Waals surface area contributed by atoms with Gasteiger partial charge < -0.3 is 15.1 Å². The van der Waals surface area contributed by atoms with Crippen molar-refractivity contribution < 1.29 is 4.39 Å². The summed E-state index contributed by atoms with van der Waals surface area (Å²) in [5, 5.41) is 3.45. The smallest absolute Gasteiger partial charge is 0.134 e. The third kappa shape index (κ3) is 4.80. The summed E-state index contributed by atoms with van der Waals surface area (Å²) in [5.41, 5.74) is 2.65. The van der Waals surface area contributed by atoms with Crippen LogP contribution in [0.5, 0.6) is 0 Å². The fraction of sp³-hybridized carbons (Fsp3) is 0.455. The average Bonchev–Trinajstić information content (AvgIpc) is 2.75. The predicted molar refractivity (Wildman–Crippen MR) is 113 cm³/mol. The Morgan fingerprint density at radius 1 is 0.964 bits per heavy atom. The van der Waals surface area contributed by atoms with Crippen molar-refractivity contribution in [2.45, 2.75) is 32.1 Å². The third-order valence-electron chi connectivity index (χ3n) is 5.59. The van der Waals surface area contributed by atoms with Crippen LogP contribution < -0.4 is 15.1 Å². The van der Waals surface area contributed by atoms with E-state index in [1.807, 2.05) is 18.2 Å². The highest BCUT2D eigenvalue weighted by Gasteiger charge is 2.19. The molecule has 2 aromatic rings. The Bertz CT molecular complexity index is 797. The van der Waals surface area contributed by atoms with Crippen LogP contribution >= 0.6 is 0 Å². The van der Waals surface area contributed by atoms with E-state index in [0.717, 1.165) is 56.5 Å². The van der Waals surface area contributed by atoms with Crippen LogP contribution in [0.4, 0.5) is 21.7 Å². The van der Waals surface area contributed by atoms with Crippen LogP contribution in [0.25, 0.3) is 0 Å². The van der Waals surface area contributed by atoms with Crippen molar-refractivity contribution in [1.29, 1.82) is 0 Å². The topological polar surface area (TPSA) is 44.3 Å². The first-order valence-electron chi connectivity index (χ1n) is 10.3. The van der Waals surface area contributed by atoms with E-state index in [0.29, 0.717) is 0 Å². The van der Waals surface area contributed by atoms with E-state index < -0.39 is 0 Å². The van der Waals surface area contributed by atoms with Crippen LogP contribution in [-0.2, 0) is 0 Å². The Balaban J connectivity index is 1.29. The number of aromatic nitrogens is 2. The Morgan fingerprint density at radius 3 is 2.50 bits per heavy atom. The minimum atomic E-state index is -0.192. The highest BCUT2D eigenvalue weighted by atomic mass is 19.1. The van der Waals surface area contributed by atoms with Gasteiger partial charge in [0.2, 0.25) is 0 Å². The van der Waals surface area contributed by atoms with Crippen molar-refractivity contribution in [1.82, 2.24) is 9.97 Å². The molecule has 1 aliphatic heterocycles. The maximum absolute atomic E-state index is 13.1. The number of halogens is 1. The lowest BCUT2D eigenvalue weighted by Crippen LogP contribution is -2.46. The van der Waals surface area contributed by atoms with Gasteiger partial charge in [0, 0.05) is 44.5 Å². The zero-order valence-electron chi connectivity index (χ0n) is 16.3. The van der Waals surface area contributed by atoms with Gasteiger partial charge in [0.1, 0.15) is 23.8 Å². The molecule has 0 bridgehead atoms. The highest BCUT2D eigenvalue weighted by molar-refractivity contribution is 5.52. The molecule has 6 heteroatoms. The van der Waals surface area contributed by atoms with Gasteiger partial charge in [-0.25, -0.2) is 14.4 Å². The molecule has 4 rings (SSSR count). The van der Waals surface area contributed by atoms with Crippen molar-refractivity contribution in [2.75, 3.05) is 47.8 Å². The summed E-state index contributed by atoms with van der Waals surface area (Å²) in [7, 11) is 0. The summed E-state index contributed by atoms with van der Waals surface area (Å²) >= 11 is 0. The van der Waals surface area contributed by atoms with E-state index in [2.05, 4.69) is 31.2 Å². The molecule has 0 spiro atoms. The van der Waals surface area contributed by atoms with Crippen LogP contribution in [0.2, 0.25) is 0 Å². The first-order valence-corrected chi connectivity index (χ1v) is 10.3. The molecule has 0 atom stereocenters. The lowest BCUT2D eigenvalue weighted by Gasteiger charge is -2.36. The molecule has 2 aliphatic rings. The van der Waals surface area contributed by atoms with Gasteiger partial charge in [0.15, 0.2) is 0 Å². The van der Waals surface area contributed by atoms with Gasteiger partial charge in [-0.2, -0.15) is 0 Å². The van der Waals surface area contributed by atoms with Gasteiger partial charge in [-0.05, 0) is 56.4 Å². The molecule has 148 valence electrons. The molecular formula is C22H28FN5. The van der Waals surface area contributed by atoms with Crippen LogP contribution in [0.3, 0.4) is 0 Å². The van der Waals surface area contributed by atoms with Crippen molar-refractivity contribution in [3.8, 4) is 0 Å². The van der Waals surface area contributed by atoms with E-state index in [-0.39, 0.29) is 5.82 Å². The second-order valence-electron chi connectivity index (χ2n) is 7.50. The Kier molecular flexibility index (Phi) is 6.04. The Morgan fingerprint density at radius 2 is 1.75 bits per heavy atom. The van der Waals surface area contributed by atoms with Gasteiger partial charge >= 0.3 is 0 Å². The fourth-order valence-corrected chi connectivity index (χ4v) is 3.95. The van der Waals surface area contributed by atoms with Gasteiger partial charge in [-0.15, -0.1) is 0 Å². The molecule has 0 unspecified atom stereocenters. The second-order valence-corrected chi connectivity index (χ2v) is 7.50. The van der Waals surface area contributed by atoms with E-state index in [4.69, 9.17) is 0 Å². The lowest BCUT2D eigenvalue weighted by atomic mass is 9.97. The molecule has 2 heterocycles. The third-order valence-corrected chi connectivity index (χ3v) is 5.59. The molecule has 0 amide bonds. The van der Waals surface area contributed by atoms with Crippen LogP contribution in [-0.4, -0.2) is 42.7 Å². The standard InChI is InChI=1S/C22H28FN5/c23-19-6-8-20(9-7-19)27-12-14-28(15-13-27)22-16-21(25-17-26-22)24-11-10-18-4-2-1-3-5-18/h4,6-9,16-17H,1-3,5,10-15H2,(H,24,25,26). The lowest BCUT2D eigenvalue weighted by molar-refractivity contribution is 0.624. The average molecular weight is 381 g/mol. The number of piperazine rings is 1. The fourth-order valence-electron chi connectivity index (χ4n) is 3.95. The van der Waals surface area contributed by atoms with Crippen molar-refractivity contribution >= 4 is 17.3 Å². The molecular weight excluding hydrogens is 353 g/mol. The Hall–Kier alpha value is -2.63. The molecule has 28 heavy (non-hydrogen) atoms. The van der Waals surface area contributed by atoms with Gasteiger partial charge in [-0.1, -0.05) is 11.6 Å². The number of hydrogen-bond donors (Lipinski definition) is 1. The quantitative estimate of drug-likeness (QED) is 0.758. The molecule has 1 aliphatic carbocycles. The zero-order chi connectivity index (χ0) is 19.2. The first-order chi connectivity index (χ1) is 13.8. The maximum atomic E-state index is 13.1. The highest BCUT2D eigenvalue weighted by Crippen LogP contribution is 2.22. The summed E-state index contributed by atoms with van der Waals surface area (Å²) in [6.07, 6.45) is 10.3. The molecule has 1 fully saturated rings. The first kappa shape index (κ1) is 18.7. The molecule has 1 saturated heterocycles. The summed E-state index contributed by atoms with van der Waals surface area (Å²) in [6.45, 7) is 4.49. The van der Waals surface area contributed by atoms with E-state index >= 15 is 0 Å². The summed E-state index contributed by atoms with van der Waals surface area (Å²) in [4.78, 5) is 13.4. The molecule has 1 N–H and O–H groups in total. The van der Waals surface area contributed by atoms with Crippen molar-refractivity contribution in [3.05, 3.63) is 54.1 Å². The van der Waals surface area contributed by atoms with Crippen LogP contribution in [0.1, 0.15) is 32.1 Å². The number of anilines is 3. The number of hydrogen-bond acceptors (Lipinski definition) is 5. The van der Waals surface area contributed by atoms with E-state index in [1.54, 1.807) is 11.9 Å². The van der Waals surface area contributed by atoms with E-state index in [1.165, 1.54) is 37.8 Å². The largest absolute Gasteiger partial charge is 0.370 e. The minimum absolute atomic E-state index is 0.192. The van der Waals surface area contributed by atoms with E-state index in [9.17, 15) is 4.39 Å². The Labute approximate surface area is 166 Å². The van der Waals surface area contributed by atoms with Crippen molar-refractivity contribution in [2.24, 2.45) is 0 Å². The molecule has 1 aromatic heterocycles. The van der Waals surface area contributed by atoms with Crippen molar-refractivity contribution in [3.63, 3.8) is 0 Å². The summed E-state index contributed by atoms with van der Waals surface area (Å²) in [6, 6.07) is 8.78. The molecule has 0 radical (unpaired) electrons. The number of nitrogens with zero attached hydrogens (tertiary/aromatic N) is 4. The number of allylic oxidation sites excluding steroid dienone is 1. The zero-order valence-corrected chi connectivity index (χ0v) is 16.3. The SMILES string of the molecule is Fc1ccc(N2CCN(c3cc(NCCC4=CCCCC4)ncn3)CC2)cc1.